The molecule has 0 radical (unpaired) electrons. The third-order valence-electron chi connectivity index (χ3n) is 4.55. The Bertz CT molecular complexity index is 674. The molecule has 3 rings (SSSR count). The maximum absolute atomic E-state index is 6.22. The van der Waals surface area contributed by atoms with Crippen LogP contribution in [-0.4, -0.2) is 6.04 Å². The van der Waals surface area contributed by atoms with E-state index in [1.54, 1.807) is 0 Å². The molecule has 0 heterocycles. The Balaban J connectivity index is 0.00000225. The zero-order valence-corrected chi connectivity index (χ0v) is 17.2. The molecular weight excluding hydrogens is 421 g/mol. The second-order valence-corrected chi connectivity index (χ2v) is 7.67. The first-order valence-corrected chi connectivity index (χ1v) is 9.77. The fourth-order valence-corrected chi connectivity index (χ4v) is 3.76. The molecule has 5 heteroatoms. The van der Waals surface area contributed by atoms with Crippen LogP contribution in [0.5, 0.6) is 5.75 Å². The highest BCUT2D eigenvalue weighted by Crippen LogP contribution is 2.26. The first kappa shape index (κ1) is 20.6. The fourth-order valence-electron chi connectivity index (χ4n) is 3.16. The van der Waals surface area contributed by atoms with Crippen LogP contribution in [0.4, 0.5) is 0 Å². The summed E-state index contributed by atoms with van der Waals surface area (Å²) >= 11 is 9.78. The molecule has 0 spiro atoms. The molecule has 0 aliphatic heterocycles. The van der Waals surface area contributed by atoms with Gasteiger partial charge in [0.25, 0.3) is 0 Å². The van der Waals surface area contributed by atoms with Gasteiger partial charge >= 0.3 is 0 Å². The molecule has 2 nitrogen and oxygen atoms in total. The number of benzene rings is 2. The van der Waals surface area contributed by atoms with Crippen LogP contribution in [0.25, 0.3) is 0 Å². The molecule has 2 aromatic carbocycles. The second kappa shape index (κ2) is 10.4. The summed E-state index contributed by atoms with van der Waals surface area (Å²) in [4.78, 5) is 0. The highest BCUT2D eigenvalue weighted by Gasteiger charge is 2.14. The Morgan fingerprint density at radius 1 is 1.04 bits per heavy atom. The van der Waals surface area contributed by atoms with Crippen molar-refractivity contribution in [2.45, 2.75) is 51.3 Å². The van der Waals surface area contributed by atoms with Crippen molar-refractivity contribution in [1.29, 1.82) is 0 Å². The molecule has 0 bridgehead atoms. The van der Waals surface area contributed by atoms with E-state index >= 15 is 0 Å². The van der Waals surface area contributed by atoms with Gasteiger partial charge in [-0.2, -0.15) is 0 Å². The molecule has 1 fully saturated rings. The van der Waals surface area contributed by atoms with Gasteiger partial charge in [-0.25, -0.2) is 0 Å². The fraction of sp³-hybridized carbons (Fsp3) is 0.400. The molecule has 1 saturated carbocycles. The average Bonchev–Trinajstić information content (AvgIpc) is 2.61. The molecule has 1 aliphatic carbocycles. The highest BCUT2D eigenvalue weighted by atomic mass is 79.9. The molecule has 1 aliphatic rings. The predicted molar refractivity (Wildman–Crippen MR) is 104 cm³/mol. The normalized spacial score (nSPS) is 14.8. The first-order chi connectivity index (χ1) is 11.7. The molecule has 0 saturated heterocycles. The van der Waals surface area contributed by atoms with E-state index in [0.717, 1.165) is 27.4 Å². The summed E-state index contributed by atoms with van der Waals surface area (Å²) in [5.74, 6) is 0.918. The van der Waals surface area contributed by atoms with Crippen molar-refractivity contribution in [1.82, 2.24) is 5.32 Å². The minimum Gasteiger partial charge on any atom is -1.00 e. The van der Waals surface area contributed by atoms with Gasteiger partial charge in [0.1, 0.15) is 12.4 Å². The van der Waals surface area contributed by atoms with Crippen molar-refractivity contribution in [3.8, 4) is 5.75 Å². The third kappa shape index (κ3) is 6.18. The maximum atomic E-state index is 6.22. The topological polar surface area (TPSA) is 21.3 Å². The van der Waals surface area contributed by atoms with Crippen molar-refractivity contribution in [2.75, 3.05) is 0 Å². The van der Waals surface area contributed by atoms with Crippen molar-refractivity contribution in [3.63, 3.8) is 0 Å². The van der Waals surface area contributed by atoms with Crippen LogP contribution in [0, 0.1) is 0 Å². The van der Waals surface area contributed by atoms with Crippen LogP contribution in [-0.2, 0) is 13.2 Å². The number of ether oxygens (including phenoxy) is 1. The third-order valence-corrected chi connectivity index (χ3v) is 5.41. The maximum Gasteiger partial charge on any atom is 0.124 e. The Labute approximate surface area is 169 Å². The van der Waals surface area contributed by atoms with Gasteiger partial charge in [-0.3, -0.25) is 0 Å². The largest absolute Gasteiger partial charge is 1.00 e. The van der Waals surface area contributed by atoms with E-state index in [0.29, 0.717) is 12.6 Å². The van der Waals surface area contributed by atoms with Gasteiger partial charge in [-0.1, -0.05) is 65.0 Å². The standard InChI is InChI=1S/C20H23BrClNO.ClH/c21-17-10-11-20(24-14-15-6-4-5-9-19(15)22)16(12-17)13-23-18-7-2-1-3-8-18;/h4-6,9-12,18,23H,1-3,7-8,13-14H2;1H/p-1. The van der Waals surface area contributed by atoms with Crippen molar-refractivity contribution in [2.24, 2.45) is 0 Å². The molecule has 0 unspecified atom stereocenters. The lowest BCUT2D eigenvalue weighted by Gasteiger charge is -2.23. The number of hydrogen-bond acceptors (Lipinski definition) is 2. The lowest BCUT2D eigenvalue weighted by Crippen LogP contribution is -3.00. The van der Waals surface area contributed by atoms with Crippen LogP contribution in [0.15, 0.2) is 46.9 Å². The van der Waals surface area contributed by atoms with Crippen LogP contribution in [0.3, 0.4) is 0 Å². The van der Waals surface area contributed by atoms with E-state index in [1.807, 2.05) is 36.4 Å². The SMILES string of the molecule is Clc1ccccc1COc1ccc(Br)cc1CNC1CCCCC1.[Cl-]. The zero-order valence-electron chi connectivity index (χ0n) is 14.1. The lowest BCUT2D eigenvalue weighted by atomic mass is 9.95. The number of hydrogen-bond donors (Lipinski definition) is 1. The summed E-state index contributed by atoms with van der Waals surface area (Å²) in [6.07, 6.45) is 6.62. The van der Waals surface area contributed by atoms with Crippen LogP contribution in [0.1, 0.15) is 43.2 Å². The van der Waals surface area contributed by atoms with Gasteiger partial charge in [0.05, 0.1) is 0 Å². The Hall–Kier alpha value is -0.740. The van der Waals surface area contributed by atoms with Crippen LogP contribution in [0.2, 0.25) is 5.02 Å². The molecule has 0 atom stereocenters. The number of rotatable bonds is 6. The van der Waals surface area contributed by atoms with Crippen LogP contribution >= 0.6 is 27.5 Å². The quantitative estimate of drug-likeness (QED) is 0.740. The smallest absolute Gasteiger partial charge is 0.124 e. The van der Waals surface area contributed by atoms with Crippen molar-refractivity contribution < 1.29 is 17.1 Å². The average molecular weight is 444 g/mol. The van der Waals surface area contributed by atoms with E-state index < -0.39 is 0 Å². The van der Waals surface area contributed by atoms with E-state index in [9.17, 15) is 0 Å². The van der Waals surface area contributed by atoms with E-state index in [-0.39, 0.29) is 12.4 Å². The van der Waals surface area contributed by atoms with Crippen LogP contribution < -0.4 is 22.5 Å². The van der Waals surface area contributed by atoms with Gasteiger partial charge < -0.3 is 22.5 Å². The van der Waals surface area contributed by atoms with Gasteiger partial charge in [0.2, 0.25) is 0 Å². The van der Waals surface area contributed by atoms with Gasteiger partial charge in [-0.05, 0) is 37.1 Å². The summed E-state index contributed by atoms with van der Waals surface area (Å²) in [5, 5.41) is 4.43. The summed E-state index contributed by atoms with van der Waals surface area (Å²) in [6, 6.07) is 14.6. The van der Waals surface area contributed by atoms with Crippen molar-refractivity contribution >= 4 is 27.5 Å². The summed E-state index contributed by atoms with van der Waals surface area (Å²) in [7, 11) is 0. The molecule has 25 heavy (non-hydrogen) atoms. The second-order valence-electron chi connectivity index (χ2n) is 6.35. The molecule has 0 amide bonds. The summed E-state index contributed by atoms with van der Waals surface area (Å²) in [6.45, 7) is 1.32. The number of nitrogens with one attached hydrogen (secondary N) is 1. The number of halogens is 3. The first-order valence-electron chi connectivity index (χ1n) is 8.60. The minimum atomic E-state index is 0. The minimum absolute atomic E-state index is 0. The predicted octanol–water partition coefficient (Wildman–Crippen LogP) is 3.11. The molecule has 136 valence electrons. The van der Waals surface area contributed by atoms with Gasteiger partial charge in [0.15, 0.2) is 0 Å². The molecule has 2 aromatic rings. The summed E-state index contributed by atoms with van der Waals surface area (Å²) in [5.41, 5.74) is 2.19. The Kier molecular flexibility index (Phi) is 8.57. The van der Waals surface area contributed by atoms with Gasteiger partial charge in [-0.15, -0.1) is 0 Å². The molecule has 0 aromatic heterocycles. The zero-order chi connectivity index (χ0) is 16.8. The Morgan fingerprint density at radius 3 is 2.56 bits per heavy atom. The van der Waals surface area contributed by atoms with E-state index in [1.165, 1.54) is 37.7 Å². The Morgan fingerprint density at radius 2 is 1.80 bits per heavy atom. The monoisotopic (exact) mass is 442 g/mol. The van der Waals surface area contributed by atoms with Gasteiger partial charge in [0, 0.05) is 33.2 Å². The highest BCUT2D eigenvalue weighted by molar-refractivity contribution is 9.10. The van der Waals surface area contributed by atoms with E-state index in [4.69, 9.17) is 16.3 Å². The van der Waals surface area contributed by atoms with E-state index in [2.05, 4.69) is 27.3 Å². The van der Waals surface area contributed by atoms with Crippen molar-refractivity contribution in [3.05, 3.63) is 63.1 Å². The summed E-state index contributed by atoms with van der Waals surface area (Å²) < 4.78 is 7.13. The molecule has 1 N–H and O–H groups in total. The molecular formula is C20H23BrCl2NO-. The lowest BCUT2D eigenvalue weighted by molar-refractivity contribution is -0.00000509.